The summed E-state index contributed by atoms with van der Waals surface area (Å²) in [5.74, 6) is 0.682. The van der Waals surface area contributed by atoms with Gasteiger partial charge >= 0.3 is 0 Å². The maximum atomic E-state index is 5.82. The average Bonchev–Trinajstić information content (AvgIpc) is 2.90. The number of hydrogen-bond donors (Lipinski definition) is 0. The van der Waals surface area contributed by atoms with Crippen LogP contribution in [0.4, 0.5) is 0 Å². The Bertz CT molecular complexity index is 490. The number of methoxy groups -OCH3 is 1. The number of aromatic nitrogens is 1. The van der Waals surface area contributed by atoms with Crippen molar-refractivity contribution in [1.29, 1.82) is 0 Å². The molecule has 0 aromatic carbocycles. The van der Waals surface area contributed by atoms with Gasteiger partial charge in [0.1, 0.15) is 0 Å². The second kappa shape index (κ2) is 6.26. The first kappa shape index (κ1) is 14.6. The van der Waals surface area contributed by atoms with E-state index in [0.717, 1.165) is 12.6 Å². The summed E-state index contributed by atoms with van der Waals surface area (Å²) in [5.41, 5.74) is 1.37. The summed E-state index contributed by atoms with van der Waals surface area (Å²) >= 11 is 0. The van der Waals surface area contributed by atoms with Crippen molar-refractivity contribution in [2.24, 2.45) is 5.92 Å². The minimum atomic E-state index is 0.448. The maximum absolute atomic E-state index is 5.82. The van der Waals surface area contributed by atoms with Crippen molar-refractivity contribution in [2.45, 2.75) is 50.4 Å². The lowest BCUT2D eigenvalue weighted by Crippen LogP contribution is -2.56. The molecule has 1 saturated carbocycles. The van der Waals surface area contributed by atoms with Crippen LogP contribution in [0, 0.1) is 5.92 Å². The predicted molar refractivity (Wildman–Crippen MR) is 86.6 cm³/mol. The predicted octanol–water partition coefficient (Wildman–Crippen LogP) is 2.16. The highest BCUT2D eigenvalue weighted by Gasteiger charge is 2.46. The van der Waals surface area contributed by atoms with Gasteiger partial charge in [-0.2, -0.15) is 0 Å². The molecule has 3 aliphatic rings. The fourth-order valence-electron chi connectivity index (χ4n) is 4.61. The lowest BCUT2D eigenvalue weighted by Gasteiger charge is -2.48. The molecule has 120 valence electrons. The van der Waals surface area contributed by atoms with Crippen molar-refractivity contribution in [3.63, 3.8) is 0 Å². The third-order valence-corrected chi connectivity index (χ3v) is 5.99. The number of rotatable bonds is 4. The molecule has 1 aromatic rings. The minimum Gasteiger partial charge on any atom is -0.381 e. The van der Waals surface area contributed by atoms with Gasteiger partial charge in [-0.05, 0) is 37.0 Å². The van der Waals surface area contributed by atoms with E-state index >= 15 is 0 Å². The Morgan fingerprint density at radius 2 is 2.00 bits per heavy atom. The van der Waals surface area contributed by atoms with Gasteiger partial charge < -0.3 is 4.74 Å². The molecule has 0 bridgehead atoms. The van der Waals surface area contributed by atoms with Crippen LogP contribution < -0.4 is 0 Å². The quantitative estimate of drug-likeness (QED) is 0.852. The van der Waals surface area contributed by atoms with E-state index < -0.39 is 0 Å². The standard InChI is InChI=1S/C18H27N3O/c1-22-18-7-10-21(15-3-2-4-15)17-13-20(12-16(17)18)11-14-5-8-19-9-6-14/h5-6,8-9,15-18H,2-4,7,10-13H2,1H3/t16-,17+,18+/m0/s1. The van der Waals surface area contributed by atoms with Crippen LogP contribution in [0.15, 0.2) is 24.5 Å². The van der Waals surface area contributed by atoms with Gasteiger partial charge in [-0.25, -0.2) is 0 Å². The zero-order valence-corrected chi connectivity index (χ0v) is 13.5. The first-order chi connectivity index (χ1) is 10.8. The second-order valence-corrected chi connectivity index (χ2v) is 7.17. The van der Waals surface area contributed by atoms with Gasteiger partial charge in [-0.15, -0.1) is 0 Å². The number of ether oxygens (including phenoxy) is 1. The van der Waals surface area contributed by atoms with Crippen LogP contribution in [-0.2, 0) is 11.3 Å². The Hall–Kier alpha value is -0.970. The van der Waals surface area contributed by atoms with Crippen molar-refractivity contribution in [1.82, 2.24) is 14.8 Å². The van der Waals surface area contributed by atoms with Gasteiger partial charge in [0.25, 0.3) is 0 Å². The molecule has 1 aromatic heterocycles. The third kappa shape index (κ3) is 2.68. The summed E-state index contributed by atoms with van der Waals surface area (Å²) in [7, 11) is 1.90. The van der Waals surface area contributed by atoms with E-state index in [-0.39, 0.29) is 0 Å². The molecule has 0 unspecified atom stereocenters. The smallest absolute Gasteiger partial charge is 0.0639 e. The Balaban J connectivity index is 1.47. The summed E-state index contributed by atoms with van der Waals surface area (Å²) in [6.45, 7) is 4.65. The van der Waals surface area contributed by atoms with Crippen LogP contribution in [0.2, 0.25) is 0 Å². The molecule has 3 fully saturated rings. The summed E-state index contributed by atoms with van der Waals surface area (Å²) in [4.78, 5) is 9.56. The van der Waals surface area contributed by atoms with Crippen molar-refractivity contribution in [3.8, 4) is 0 Å². The fraction of sp³-hybridized carbons (Fsp3) is 0.722. The first-order valence-electron chi connectivity index (χ1n) is 8.75. The molecule has 2 saturated heterocycles. The van der Waals surface area contributed by atoms with Crippen LogP contribution in [0.5, 0.6) is 0 Å². The second-order valence-electron chi connectivity index (χ2n) is 7.17. The normalized spacial score (nSPS) is 33.6. The van der Waals surface area contributed by atoms with Gasteiger partial charge in [0.05, 0.1) is 6.10 Å². The molecular formula is C18H27N3O. The van der Waals surface area contributed by atoms with Crippen molar-refractivity contribution < 1.29 is 4.74 Å². The zero-order valence-electron chi connectivity index (χ0n) is 13.5. The van der Waals surface area contributed by atoms with Crippen molar-refractivity contribution in [2.75, 3.05) is 26.7 Å². The number of nitrogens with zero attached hydrogens (tertiary/aromatic N) is 3. The third-order valence-electron chi connectivity index (χ3n) is 5.99. The topological polar surface area (TPSA) is 28.6 Å². The van der Waals surface area contributed by atoms with E-state index in [1.807, 2.05) is 19.5 Å². The van der Waals surface area contributed by atoms with E-state index in [4.69, 9.17) is 4.74 Å². The van der Waals surface area contributed by atoms with Crippen LogP contribution >= 0.6 is 0 Å². The van der Waals surface area contributed by atoms with Gasteiger partial charge in [-0.3, -0.25) is 14.8 Å². The molecule has 0 spiro atoms. The number of pyridine rings is 1. The molecule has 22 heavy (non-hydrogen) atoms. The van der Waals surface area contributed by atoms with Crippen molar-refractivity contribution >= 4 is 0 Å². The minimum absolute atomic E-state index is 0.448. The van der Waals surface area contributed by atoms with Gasteiger partial charge in [0.15, 0.2) is 0 Å². The van der Waals surface area contributed by atoms with Gasteiger partial charge in [-0.1, -0.05) is 6.42 Å². The van der Waals surface area contributed by atoms with Crippen molar-refractivity contribution in [3.05, 3.63) is 30.1 Å². The van der Waals surface area contributed by atoms with E-state index in [9.17, 15) is 0 Å². The summed E-state index contributed by atoms with van der Waals surface area (Å²) < 4.78 is 5.82. The van der Waals surface area contributed by atoms with Crippen LogP contribution in [0.1, 0.15) is 31.2 Å². The van der Waals surface area contributed by atoms with Crippen LogP contribution in [0.25, 0.3) is 0 Å². The molecule has 4 heteroatoms. The van der Waals surface area contributed by atoms with Gasteiger partial charge in [0, 0.05) is 63.7 Å². The molecular weight excluding hydrogens is 274 g/mol. The highest BCUT2D eigenvalue weighted by atomic mass is 16.5. The Labute approximate surface area is 133 Å². The van der Waals surface area contributed by atoms with Crippen LogP contribution in [-0.4, -0.2) is 59.7 Å². The molecule has 0 N–H and O–H groups in total. The highest BCUT2D eigenvalue weighted by molar-refractivity contribution is 5.11. The zero-order chi connectivity index (χ0) is 14.9. The van der Waals surface area contributed by atoms with Crippen LogP contribution in [0.3, 0.4) is 0 Å². The maximum Gasteiger partial charge on any atom is 0.0639 e. The molecule has 4 nitrogen and oxygen atoms in total. The largest absolute Gasteiger partial charge is 0.381 e. The molecule has 0 radical (unpaired) electrons. The summed E-state index contributed by atoms with van der Waals surface area (Å²) in [6.07, 6.45) is 9.69. The highest BCUT2D eigenvalue weighted by Crippen LogP contribution is 2.38. The first-order valence-corrected chi connectivity index (χ1v) is 8.75. The monoisotopic (exact) mass is 301 g/mol. The van der Waals surface area contributed by atoms with E-state index in [1.54, 1.807) is 0 Å². The Morgan fingerprint density at radius 3 is 2.68 bits per heavy atom. The van der Waals surface area contributed by atoms with Gasteiger partial charge in [0.2, 0.25) is 0 Å². The fourth-order valence-corrected chi connectivity index (χ4v) is 4.61. The Kier molecular flexibility index (Phi) is 4.16. The number of piperidine rings is 1. The molecule has 4 rings (SSSR count). The van der Waals surface area contributed by atoms with E-state index in [0.29, 0.717) is 18.1 Å². The SMILES string of the molecule is CO[C@@H]1CCN(C2CCC2)[C@@H]2CN(Cc3ccncc3)C[C@@H]21. The van der Waals surface area contributed by atoms with E-state index in [1.165, 1.54) is 50.9 Å². The number of likely N-dealkylation sites (tertiary alicyclic amines) is 2. The van der Waals surface area contributed by atoms with E-state index in [2.05, 4.69) is 26.9 Å². The average molecular weight is 301 g/mol. The molecule has 0 amide bonds. The summed E-state index contributed by atoms with van der Waals surface area (Å²) in [5, 5.41) is 0. The lowest BCUT2D eigenvalue weighted by molar-refractivity contribution is -0.0485. The molecule has 2 aliphatic heterocycles. The molecule has 3 heterocycles. The number of fused-ring (bicyclic) bond motifs is 1. The Morgan fingerprint density at radius 1 is 1.18 bits per heavy atom. The summed E-state index contributed by atoms with van der Waals surface area (Å²) in [6, 6.07) is 5.83. The lowest BCUT2D eigenvalue weighted by atomic mass is 9.83. The molecule has 3 atom stereocenters. The number of hydrogen-bond acceptors (Lipinski definition) is 4. The molecule has 1 aliphatic carbocycles.